The minimum atomic E-state index is -1.75. The maximum atomic E-state index is 12.1. The molecule has 1 aromatic rings. The Morgan fingerprint density at radius 3 is 2.71 bits per heavy atom. The number of piperidine rings is 1. The van der Waals surface area contributed by atoms with Crippen LogP contribution in [0.25, 0.3) is 0 Å². The molecule has 1 aromatic heterocycles. The van der Waals surface area contributed by atoms with E-state index in [9.17, 15) is 9.59 Å². The molecule has 10 heteroatoms. The summed E-state index contributed by atoms with van der Waals surface area (Å²) in [6.45, 7) is 3.95. The summed E-state index contributed by atoms with van der Waals surface area (Å²) < 4.78 is 0.112. The van der Waals surface area contributed by atoms with Gasteiger partial charge in [0.2, 0.25) is 9.70 Å². The Bertz CT molecular complexity index is 811. The van der Waals surface area contributed by atoms with Gasteiger partial charge in [0.15, 0.2) is 5.11 Å². The number of fused-ring (bicyclic) bond motifs is 4. The second-order valence-corrected chi connectivity index (χ2v) is 10.1. The van der Waals surface area contributed by atoms with E-state index in [1.807, 2.05) is 22.5 Å². The van der Waals surface area contributed by atoms with Crippen LogP contribution < -0.4 is 16.2 Å². The highest BCUT2D eigenvalue weighted by atomic mass is 35.6. The summed E-state index contributed by atoms with van der Waals surface area (Å²) in [4.78, 5) is 26.2. The highest BCUT2D eigenvalue weighted by Gasteiger charge is 2.38. The van der Waals surface area contributed by atoms with Crippen molar-refractivity contribution in [3.63, 3.8) is 0 Å². The Labute approximate surface area is 184 Å². The van der Waals surface area contributed by atoms with Crippen molar-refractivity contribution in [2.75, 3.05) is 13.1 Å². The standard InChI is InChI=1S/C18H23Cl3N4O2S/c1-2-4-14(26)22-16(18(19,20)21)23-17(28)24-8-11-7-12(10-24)13-5-3-6-15(27)25(13)9-11/h3,5-6,11-12,16H,2,4,7-10H2,1H3,(H,22,26)(H,23,28)/t11-,12-,16?/m1/s1. The number of thiocarbonyl (C=S) groups is 1. The molecule has 3 heterocycles. The summed E-state index contributed by atoms with van der Waals surface area (Å²) in [6, 6.07) is 5.39. The fraction of sp³-hybridized carbons (Fsp3) is 0.611. The molecule has 1 amide bonds. The number of nitrogens with one attached hydrogen (secondary N) is 2. The van der Waals surface area contributed by atoms with Gasteiger partial charge < -0.3 is 20.1 Å². The lowest BCUT2D eigenvalue weighted by Gasteiger charge is -2.44. The van der Waals surface area contributed by atoms with Crippen LogP contribution in [0.15, 0.2) is 23.0 Å². The summed E-state index contributed by atoms with van der Waals surface area (Å²) in [5.74, 6) is 0.312. The zero-order chi connectivity index (χ0) is 20.5. The van der Waals surface area contributed by atoms with Crippen LogP contribution in [0.5, 0.6) is 0 Å². The van der Waals surface area contributed by atoms with E-state index in [2.05, 4.69) is 10.6 Å². The van der Waals surface area contributed by atoms with Crippen LogP contribution in [0.3, 0.4) is 0 Å². The highest BCUT2D eigenvalue weighted by molar-refractivity contribution is 7.80. The third-order valence-corrected chi connectivity index (χ3v) is 6.18. The average molecular weight is 466 g/mol. The van der Waals surface area contributed by atoms with Crippen LogP contribution in [0.2, 0.25) is 0 Å². The number of nitrogens with zero attached hydrogens (tertiary/aromatic N) is 2. The summed E-state index contributed by atoms with van der Waals surface area (Å²) in [6.07, 6.45) is 1.12. The fourth-order valence-electron chi connectivity index (χ4n) is 3.94. The van der Waals surface area contributed by atoms with Crippen LogP contribution in [-0.4, -0.2) is 43.5 Å². The maximum absolute atomic E-state index is 12.1. The third kappa shape index (κ3) is 4.93. The van der Waals surface area contributed by atoms with E-state index in [4.69, 9.17) is 47.0 Å². The van der Waals surface area contributed by atoms with E-state index in [1.165, 1.54) is 0 Å². The number of rotatable bonds is 4. The van der Waals surface area contributed by atoms with Crippen molar-refractivity contribution in [2.24, 2.45) is 5.92 Å². The predicted octanol–water partition coefficient (Wildman–Crippen LogP) is 2.75. The summed E-state index contributed by atoms with van der Waals surface area (Å²) >= 11 is 23.7. The van der Waals surface area contributed by atoms with Crippen molar-refractivity contribution in [3.8, 4) is 0 Å². The van der Waals surface area contributed by atoms with E-state index in [0.717, 1.165) is 12.1 Å². The molecular formula is C18H23Cl3N4O2S. The Kier molecular flexibility index (Phi) is 6.80. The molecule has 28 heavy (non-hydrogen) atoms. The molecule has 0 spiro atoms. The number of halogens is 3. The molecule has 2 N–H and O–H groups in total. The SMILES string of the molecule is CCCC(=O)NC(NC(=S)N1C[C@H]2C[C@H](C1)c1cccc(=O)n1C2)C(Cl)(Cl)Cl. The fourth-order valence-corrected chi connectivity index (χ4v) is 4.53. The molecular weight excluding hydrogens is 443 g/mol. The van der Waals surface area contributed by atoms with Crippen molar-refractivity contribution < 1.29 is 4.79 Å². The molecule has 0 aliphatic carbocycles. The molecule has 3 atom stereocenters. The average Bonchev–Trinajstić information content (AvgIpc) is 2.61. The van der Waals surface area contributed by atoms with Crippen molar-refractivity contribution in [1.82, 2.24) is 20.1 Å². The topological polar surface area (TPSA) is 66.4 Å². The molecule has 2 bridgehead atoms. The molecule has 2 aliphatic heterocycles. The van der Waals surface area contributed by atoms with Crippen LogP contribution in [-0.2, 0) is 11.3 Å². The first-order valence-electron chi connectivity index (χ1n) is 9.30. The van der Waals surface area contributed by atoms with Crippen molar-refractivity contribution in [1.29, 1.82) is 0 Å². The Morgan fingerprint density at radius 2 is 2.04 bits per heavy atom. The largest absolute Gasteiger partial charge is 0.348 e. The lowest BCUT2D eigenvalue weighted by Crippen LogP contribution is -2.60. The van der Waals surface area contributed by atoms with Crippen molar-refractivity contribution in [2.45, 2.75) is 48.6 Å². The predicted molar refractivity (Wildman–Crippen MR) is 116 cm³/mol. The van der Waals surface area contributed by atoms with Crippen LogP contribution in [0, 0.1) is 5.92 Å². The quantitative estimate of drug-likeness (QED) is 0.407. The second kappa shape index (κ2) is 8.78. The van der Waals surface area contributed by atoms with Gasteiger partial charge in [-0.15, -0.1) is 0 Å². The van der Waals surface area contributed by atoms with E-state index < -0.39 is 9.96 Å². The van der Waals surface area contributed by atoms with Gasteiger partial charge in [0.05, 0.1) is 0 Å². The summed E-state index contributed by atoms with van der Waals surface area (Å²) in [5.41, 5.74) is 1.07. The van der Waals surface area contributed by atoms with E-state index >= 15 is 0 Å². The van der Waals surface area contributed by atoms with Gasteiger partial charge in [-0.05, 0) is 37.0 Å². The summed E-state index contributed by atoms with van der Waals surface area (Å²) in [5, 5.41) is 6.12. The van der Waals surface area contributed by atoms with Gasteiger partial charge in [-0.1, -0.05) is 47.8 Å². The molecule has 6 nitrogen and oxygen atoms in total. The number of pyridine rings is 1. The first-order chi connectivity index (χ1) is 13.2. The molecule has 3 rings (SSSR count). The van der Waals surface area contributed by atoms with Gasteiger partial charge in [0.1, 0.15) is 6.17 Å². The molecule has 1 saturated heterocycles. The van der Waals surface area contributed by atoms with Crippen molar-refractivity contribution >= 4 is 58.0 Å². The van der Waals surface area contributed by atoms with E-state index in [0.29, 0.717) is 43.5 Å². The normalized spacial score (nSPS) is 22.2. The Morgan fingerprint density at radius 1 is 1.29 bits per heavy atom. The van der Waals surface area contributed by atoms with Crippen LogP contribution in [0.1, 0.15) is 37.8 Å². The van der Waals surface area contributed by atoms with Gasteiger partial charge in [0, 0.05) is 43.7 Å². The number of carbonyl (C=O) groups excluding carboxylic acids is 1. The monoisotopic (exact) mass is 464 g/mol. The molecule has 1 unspecified atom stereocenters. The Balaban J connectivity index is 1.71. The minimum absolute atomic E-state index is 0.0382. The maximum Gasteiger partial charge on any atom is 0.250 e. The number of hydrogen-bond acceptors (Lipinski definition) is 3. The first kappa shape index (κ1) is 21.7. The number of alkyl halides is 3. The molecule has 0 aromatic carbocycles. The number of amides is 1. The number of carbonyl (C=O) groups is 1. The van der Waals surface area contributed by atoms with Gasteiger partial charge in [0.25, 0.3) is 5.56 Å². The highest BCUT2D eigenvalue weighted by Crippen LogP contribution is 2.35. The third-order valence-electron chi connectivity index (χ3n) is 5.14. The lowest BCUT2D eigenvalue weighted by atomic mass is 9.83. The van der Waals surface area contributed by atoms with E-state index in [1.54, 1.807) is 12.1 Å². The summed E-state index contributed by atoms with van der Waals surface area (Å²) in [7, 11) is 0. The Hall–Kier alpha value is -1.02. The van der Waals surface area contributed by atoms with Crippen LogP contribution >= 0.6 is 47.0 Å². The minimum Gasteiger partial charge on any atom is -0.348 e. The van der Waals surface area contributed by atoms with Gasteiger partial charge in [-0.25, -0.2) is 0 Å². The van der Waals surface area contributed by atoms with E-state index in [-0.39, 0.29) is 17.4 Å². The lowest BCUT2D eigenvalue weighted by molar-refractivity contribution is -0.121. The van der Waals surface area contributed by atoms with Crippen molar-refractivity contribution in [3.05, 3.63) is 34.2 Å². The number of hydrogen-bond donors (Lipinski definition) is 2. The second-order valence-electron chi connectivity index (χ2n) is 7.34. The van der Waals surface area contributed by atoms with Gasteiger partial charge in [-0.2, -0.15) is 0 Å². The first-order valence-corrected chi connectivity index (χ1v) is 10.8. The van der Waals surface area contributed by atoms with Crippen LogP contribution in [0.4, 0.5) is 0 Å². The molecule has 154 valence electrons. The molecule has 2 aliphatic rings. The zero-order valence-corrected chi connectivity index (χ0v) is 18.5. The smallest absolute Gasteiger partial charge is 0.250 e. The number of aromatic nitrogens is 1. The van der Waals surface area contributed by atoms with Gasteiger partial charge >= 0.3 is 0 Å². The zero-order valence-electron chi connectivity index (χ0n) is 15.5. The molecule has 1 fully saturated rings. The number of likely N-dealkylation sites (tertiary alicyclic amines) is 1. The molecule has 0 radical (unpaired) electrons. The van der Waals surface area contributed by atoms with Gasteiger partial charge in [-0.3, -0.25) is 9.59 Å². The molecule has 0 saturated carbocycles.